The maximum atomic E-state index is 12.3. The fourth-order valence-corrected chi connectivity index (χ4v) is 3.07. The zero-order chi connectivity index (χ0) is 17.4. The molecule has 0 spiro atoms. The van der Waals surface area contributed by atoms with Crippen molar-refractivity contribution in [3.05, 3.63) is 76.8 Å². The topological polar surface area (TPSA) is 62.3 Å². The Labute approximate surface area is 148 Å². The molecule has 3 aromatic carbocycles. The Bertz CT molecular complexity index is 1090. The number of rotatable bonds is 3. The summed E-state index contributed by atoms with van der Waals surface area (Å²) in [6.07, 6.45) is 0. The average Bonchev–Trinajstić information content (AvgIpc) is 2.99. The van der Waals surface area contributed by atoms with E-state index in [2.05, 4.69) is 4.98 Å². The summed E-state index contributed by atoms with van der Waals surface area (Å²) in [5.41, 5.74) is 2.30. The number of aromatic hydroxyl groups is 1. The van der Waals surface area contributed by atoms with Crippen molar-refractivity contribution in [2.24, 2.45) is 0 Å². The Hall–Kier alpha value is -2.98. The predicted octanol–water partition coefficient (Wildman–Crippen LogP) is 5.04. The lowest BCUT2D eigenvalue weighted by Gasteiger charge is -2.07. The van der Waals surface area contributed by atoms with Gasteiger partial charge in [0.2, 0.25) is 0 Å². The molecule has 0 aliphatic rings. The minimum atomic E-state index is -0.569. The number of carbonyl (C=O) groups excluding carboxylic acids is 1. The molecule has 0 saturated heterocycles. The van der Waals surface area contributed by atoms with Crippen LogP contribution < -0.4 is 0 Å². The van der Waals surface area contributed by atoms with Gasteiger partial charge in [0.25, 0.3) is 0 Å². The quantitative estimate of drug-likeness (QED) is 0.508. The third-order valence-electron chi connectivity index (χ3n) is 4.14. The van der Waals surface area contributed by atoms with Gasteiger partial charge in [-0.15, -0.1) is 0 Å². The number of benzene rings is 3. The van der Waals surface area contributed by atoms with E-state index in [1.54, 1.807) is 24.3 Å². The molecule has 4 rings (SSSR count). The van der Waals surface area contributed by atoms with Crippen LogP contribution in [0.1, 0.15) is 15.9 Å². The van der Waals surface area contributed by atoms with Gasteiger partial charge in [0.05, 0.1) is 5.52 Å². The van der Waals surface area contributed by atoms with Crippen LogP contribution in [0, 0.1) is 0 Å². The predicted molar refractivity (Wildman–Crippen MR) is 98.0 cm³/mol. The number of nitrogens with one attached hydrogen (secondary N) is 1. The van der Waals surface area contributed by atoms with E-state index >= 15 is 0 Å². The van der Waals surface area contributed by atoms with Crippen LogP contribution in [0.25, 0.3) is 21.8 Å². The summed E-state index contributed by atoms with van der Waals surface area (Å²) in [7, 11) is 0. The highest BCUT2D eigenvalue weighted by Crippen LogP contribution is 2.34. The zero-order valence-corrected chi connectivity index (χ0v) is 13.9. The van der Waals surface area contributed by atoms with E-state index in [4.69, 9.17) is 16.3 Å². The van der Waals surface area contributed by atoms with Crippen molar-refractivity contribution >= 4 is 39.4 Å². The van der Waals surface area contributed by atoms with Crippen molar-refractivity contribution in [2.75, 3.05) is 0 Å². The molecule has 1 heterocycles. The number of H-pyrrole nitrogens is 1. The van der Waals surface area contributed by atoms with Gasteiger partial charge >= 0.3 is 5.97 Å². The summed E-state index contributed by atoms with van der Waals surface area (Å²) in [5.74, 6) is -0.692. The van der Waals surface area contributed by atoms with Crippen molar-refractivity contribution < 1.29 is 14.6 Å². The molecule has 0 atom stereocenters. The number of esters is 1. The standard InChI is InChI=1S/C20H14ClNO3/c21-13-6-7-14-15-8-9-16(19(23)18(15)22-17(14)10-13)20(24)25-11-12-4-2-1-3-5-12/h1-10,22-23H,11H2. The molecule has 0 radical (unpaired) electrons. The van der Waals surface area contributed by atoms with Gasteiger partial charge in [0.1, 0.15) is 12.2 Å². The number of carbonyl (C=O) groups is 1. The number of ether oxygens (including phenoxy) is 1. The van der Waals surface area contributed by atoms with Gasteiger partial charge in [-0.2, -0.15) is 0 Å². The van der Waals surface area contributed by atoms with E-state index in [1.807, 2.05) is 36.4 Å². The maximum Gasteiger partial charge on any atom is 0.342 e. The maximum absolute atomic E-state index is 12.3. The van der Waals surface area contributed by atoms with Crippen molar-refractivity contribution in [1.29, 1.82) is 0 Å². The van der Waals surface area contributed by atoms with Crippen LogP contribution in [-0.2, 0) is 11.3 Å². The zero-order valence-electron chi connectivity index (χ0n) is 13.1. The fourth-order valence-electron chi connectivity index (χ4n) is 2.90. The summed E-state index contributed by atoms with van der Waals surface area (Å²) >= 11 is 6.01. The van der Waals surface area contributed by atoms with E-state index in [0.29, 0.717) is 10.5 Å². The Kier molecular flexibility index (Phi) is 3.82. The molecule has 0 amide bonds. The van der Waals surface area contributed by atoms with E-state index in [1.165, 1.54) is 0 Å². The number of hydrogen-bond acceptors (Lipinski definition) is 3. The molecule has 0 aliphatic heterocycles. The van der Waals surface area contributed by atoms with Gasteiger partial charge in [-0.1, -0.05) is 54.1 Å². The van der Waals surface area contributed by atoms with Crippen molar-refractivity contribution in [3.8, 4) is 5.75 Å². The largest absolute Gasteiger partial charge is 0.505 e. The molecule has 5 heteroatoms. The molecule has 0 saturated carbocycles. The normalized spacial score (nSPS) is 11.1. The summed E-state index contributed by atoms with van der Waals surface area (Å²) in [5, 5.41) is 12.9. The second-order valence-corrected chi connectivity index (χ2v) is 6.20. The van der Waals surface area contributed by atoms with Gasteiger partial charge in [0.15, 0.2) is 5.75 Å². The minimum absolute atomic E-state index is 0.122. The van der Waals surface area contributed by atoms with Crippen LogP contribution in [0.5, 0.6) is 5.75 Å². The second kappa shape index (κ2) is 6.15. The second-order valence-electron chi connectivity index (χ2n) is 5.76. The monoisotopic (exact) mass is 351 g/mol. The lowest BCUT2D eigenvalue weighted by Crippen LogP contribution is -2.05. The summed E-state index contributed by atoms with van der Waals surface area (Å²) in [6.45, 7) is 0.152. The molecule has 4 nitrogen and oxygen atoms in total. The number of halogens is 1. The molecule has 124 valence electrons. The summed E-state index contributed by atoms with van der Waals surface area (Å²) in [6, 6.07) is 18.2. The van der Waals surface area contributed by atoms with Crippen LogP contribution in [0.3, 0.4) is 0 Å². The van der Waals surface area contributed by atoms with Gasteiger partial charge in [-0.25, -0.2) is 4.79 Å². The fraction of sp³-hybridized carbons (Fsp3) is 0.0500. The number of fused-ring (bicyclic) bond motifs is 3. The number of phenolic OH excluding ortho intramolecular Hbond substituents is 1. The van der Waals surface area contributed by atoms with E-state index in [9.17, 15) is 9.90 Å². The van der Waals surface area contributed by atoms with E-state index in [-0.39, 0.29) is 17.9 Å². The van der Waals surface area contributed by atoms with E-state index in [0.717, 1.165) is 21.9 Å². The molecule has 0 aliphatic carbocycles. The Balaban J connectivity index is 1.69. The molecule has 0 bridgehead atoms. The van der Waals surface area contributed by atoms with Crippen LogP contribution in [0.4, 0.5) is 0 Å². The number of hydrogen-bond donors (Lipinski definition) is 2. The van der Waals surface area contributed by atoms with E-state index < -0.39 is 5.97 Å². The average molecular weight is 352 g/mol. The molecular formula is C20H14ClNO3. The molecule has 4 aromatic rings. The lowest BCUT2D eigenvalue weighted by atomic mass is 10.1. The van der Waals surface area contributed by atoms with Crippen molar-refractivity contribution in [2.45, 2.75) is 6.61 Å². The third-order valence-corrected chi connectivity index (χ3v) is 4.38. The molecule has 2 N–H and O–H groups in total. The highest BCUT2D eigenvalue weighted by atomic mass is 35.5. The van der Waals surface area contributed by atoms with Crippen molar-refractivity contribution in [3.63, 3.8) is 0 Å². The Morgan fingerprint density at radius 2 is 1.80 bits per heavy atom. The van der Waals surface area contributed by atoms with Gasteiger partial charge < -0.3 is 14.8 Å². The molecular weight excluding hydrogens is 338 g/mol. The van der Waals surface area contributed by atoms with Crippen LogP contribution in [0.15, 0.2) is 60.7 Å². The lowest BCUT2D eigenvalue weighted by molar-refractivity contribution is 0.0469. The van der Waals surface area contributed by atoms with Gasteiger partial charge in [0, 0.05) is 21.3 Å². The van der Waals surface area contributed by atoms with Crippen LogP contribution >= 0.6 is 11.6 Å². The van der Waals surface area contributed by atoms with Gasteiger partial charge in [-0.3, -0.25) is 0 Å². The smallest absolute Gasteiger partial charge is 0.342 e. The summed E-state index contributed by atoms with van der Waals surface area (Å²) in [4.78, 5) is 15.4. The first-order valence-electron chi connectivity index (χ1n) is 7.77. The third kappa shape index (κ3) is 2.81. The Morgan fingerprint density at radius 3 is 2.60 bits per heavy atom. The highest BCUT2D eigenvalue weighted by molar-refractivity contribution is 6.31. The first-order chi connectivity index (χ1) is 12.1. The van der Waals surface area contributed by atoms with Crippen molar-refractivity contribution in [1.82, 2.24) is 4.98 Å². The SMILES string of the molecule is O=C(OCc1ccccc1)c1ccc2c([nH]c3cc(Cl)ccc32)c1O. The molecule has 0 unspecified atom stereocenters. The first-order valence-corrected chi connectivity index (χ1v) is 8.15. The molecule has 25 heavy (non-hydrogen) atoms. The van der Waals surface area contributed by atoms with Crippen LogP contribution in [0.2, 0.25) is 5.02 Å². The number of aromatic amines is 1. The van der Waals surface area contributed by atoms with Gasteiger partial charge in [-0.05, 0) is 23.8 Å². The highest BCUT2D eigenvalue weighted by Gasteiger charge is 2.18. The Morgan fingerprint density at radius 1 is 1.04 bits per heavy atom. The molecule has 1 aromatic heterocycles. The minimum Gasteiger partial charge on any atom is -0.505 e. The summed E-state index contributed by atoms with van der Waals surface area (Å²) < 4.78 is 5.30. The van der Waals surface area contributed by atoms with Crippen LogP contribution in [-0.4, -0.2) is 16.1 Å². The molecule has 0 fully saturated rings. The first kappa shape index (κ1) is 15.5. The number of phenols is 1. The number of aromatic nitrogens is 1.